The summed E-state index contributed by atoms with van der Waals surface area (Å²) < 4.78 is 73.7. The Kier molecular flexibility index (Phi) is 5.55. The third kappa shape index (κ3) is 4.68. The lowest BCUT2D eigenvalue weighted by Gasteiger charge is -2.14. The number of hydrogen-bond acceptors (Lipinski definition) is 6. The summed E-state index contributed by atoms with van der Waals surface area (Å²) in [4.78, 5) is 8.11. The maximum Gasteiger partial charge on any atom is 0.586 e. The molecule has 3 aromatic rings. The zero-order valence-electron chi connectivity index (χ0n) is 16.0. The minimum Gasteiger partial charge on any atom is -0.395 e. The van der Waals surface area contributed by atoms with E-state index in [4.69, 9.17) is 17.3 Å². The fourth-order valence-corrected chi connectivity index (χ4v) is 3.33. The van der Waals surface area contributed by atoms with E-state index in [0.717, 1.165) is 6.07 Å². The first kappa shape index (κ1) is 22.0. The van der Waals surface area contributed by atoms with Crippen LogP contribution in [0.4, 0.5) is 27.8 Å². The van der Waals surface area contributed by atoms with Crippen LogP contribution < -0.4 is 20.5 Å². The van der Waals surface area contributed by atoms with Gasteiger partial charge in [-0.25, -0.2) is 9.97 Å². The average molecular weight is 473 g/mol. The Morgan fingerprint density at radius 1 is 1.03 bits per heavy atom. The molecule has 168 valence electrons. The summed E-state index contributed by atoms with van der Waals surface area (Å²) in [6, 6.07) is 8.45. The number of halogens is 6. The summed E-state index contributed by atoms with van der Waals surface area (Å²) in [7, 11) is 0. The third-order valence-electron chi connectivity index (χ3n) is 4.59. The summed E-state index contributed by atoms with van der Waals surface area (Å²) in [5, 5.41) is 2.53. The number of alkyl halides is 5. The van der Waals surface area contributed by atoms with Crippen molar-refractivity contribution in [2.75, 3.05) is 11.9 Å². The number of aromatic nitrogens is 2. The van der Waals surface area contributed by atoms with Crippen molar-refractivity contribution in [3.63, 3.8) is 0 Å². The zero-order chi connectivity index (χ0) is 23.1. The standard InChI is InChI=1S/C20H14ClF5N4O2/c21-13-5-11(1-3-12(13)19(22,23)24)15-7-18(30-9-29-15)28-8-14(27)10-2-4-16-17(6-10)32-20(25,26)31-16/h1-7,9,14H,8,27H2,(H,28,29,30)/t14-/m0/s1. The van der Waals surface area contributed by atoms with E-state index in [-0.39, 0.29) is 18.0 Å². The number of nitrogens with one attached hydrogen (secondary N) is 1. The highest BCUT2D eigenvalue weighted by molar-refractivity contribution is 6.31. The van der Waals surface area contributed by atoms with Gasteiger partial charge in [0.1, 0.15) is 12.1 Å². The first-order valence-electron chi connectivity index (χ1n) is 9.10. The van der Waals surface area contributed by atoms with Gasteiger partial charge in [-0.2, -0.15) is 13.2 Å². The van der Waals surface area contributed by atoms with Crippen molar-refractivity contribution in [2.24, 2.45) is 5.73 Å². The normalized spacial score (nSPS) is 15.5. The summed E-state index contributed by atoms with van der Waals surface area (Å²) in [5.74, 6) is 0.148. The van der Waals surface area contributed by atoms with Gasteiger partial charge in [-0.05, 0) is 29.8 Å². The molecule has 3 N–H and O–H groups in total. The van der Waals surface area contributed by atoms with Crippen LogP contribution in [0.5, 0.6) is 11.5 Å². The fourth-order valence-electron chi connectivity index (χ4n) is 3.04. The predicted octanol–water partition coefficient (Wildman–Crippen LogP) is 5.25. The molecule has 0 aliphatic carbocycles. The van der Waals surface area contributed by atoms with Crippen LogP contribution in [-0.2, 0) is 6.18 Å². The van der Waals surface area contributed by atoms with Crippen molar-refractivity contribution in [2.45, 2.75) is 18.5 Å². The van der Waals surface area contributed by atoms with E-state index in [2.05, 4.69) is 24.8 Å². The quantitative estimate of drug-likeness (QED) is 0.494. The molecular formula is C20H14ClF5N4O2. The molecule has 12 heteroatoms. The summed E-state index contributed by atoms with van der Waals surface area (Å²) in [6.45, 7) is 0.167. The number of hydrogen-bond donors (Lipinski definition) is 2. The molecule has 0 unspecified atom stereocenters. The van der Waals surface area contributed by atoms with Crippen LogP contribution in [0, 0.1) is 0 Å². The maximum atomic E-state index is 13.2. The van der Waals surface area contributed by atoms with Gasteiger partial charge >= 0.3 is 12.5 Å². The Balaban J connectivity index is 1.46. The van der Waals surface area contributed by atoms with Crippen LogP contribution in [0.1, 0.15) is 17.2 Å². The van der Waals surface area contributed by atoms with Crippen LogP contribution in [-0.4, -0.2) is 22.8 Å². The molecule has 32 heavy (non-hydrogen) atoms. The number of nitrogens with two attached hydrogens (primary N) is 1. The van der Waals surface area contributed by atoms with E-state index in [1.165, 1.54) is 42.7 Å². The van der Waals surface area contributed by atoms with Gasteiger partial charge in [0.05, 0.1) is 16.3 Å². The molecule has 0 fully saturated rings. The van der Waals surface area contributed by atoms with Gasteiger partial charge < -0.3 is 20.5 Å². The van der Waals surface area contributed by atoms with Crippen LogP contribution in [0.2, 0.25) is 5.02 Å². The van der Waals surface area contributed by atoms with Gasteiger partial charge in [0, 0.05) is 24.2 Å². The Bertz CT molecular complexity index is 1160. The van der Waals surface area contributed by atoms with Crippen molar-refractivity contribution in [1.29, 1.82) is 0 Å². The molecule has 6 nitrogen and oxygen atoms in total. The van der Waals surface area contributed by atoms with Crippen molar-refractivity contribution < 1.29 is 31.4 Å². The Hall–Kier alpha value is -3.18. The highest BCUT2D eigenvalue weighted by Gasteiger charge is 2.43. The van der Waals surface area contributed by atoms with E-state index in [1.54, 1.807) is 0 Å². The van der Waals surface area contributed by atoms with Crippen molar-refractivity contribution in [1.82, 2.24) is 9.97 Å². The van der Waals surface area contributed by atoms with Gasteiger partial charge in [-0.1, -0.05) is 23.7 Å². The molecule has 0 bridgehead atoms. The molecule has 1 aromatic heterocycles. The largest absolute Gasteiger partial charge is 0.586 e. The highest BCUT2D eigenvalue weighted by atomic mass is 35.5. The first-order valence-corrected chi connectivity index (χ1v) is 9.48. The molecule has 0 spiro atoms. The summed E-state index contributed by atoms with van der Waals surface area (Å²) >= 11 is 5.77. The topological polar surface area (TPSA) is 82.3 Å². The molecule has 0 saturated carbocycles. The monoisotopic (exact) mass is 472 g/mol. The average Bonchev–Trinajstić information content (AvgIpc) is 3.04. The number of anilines is 1. The van der Waals surface area contributed by atoms with Crippen LogP contribution in [0.3, 0.4) is 0 Å². The second kappa shape index (κ2) is 8.06. The minimum absolute atomic E-state index is 0.0884. The van der Waals surface area contributed by atoms with E-state index < -0.39 is 29.1 Å². The van der Waals surface area contributed by atoms with E-state index in [9.17, 15) is 22.0 Å². The van der Waals surface area contributed by atoms with E-state index in [0.29, 0.717) is 22.6 Å². The highest BCUT2D eigenvalue weighted by Crippen LogP contribution is 2.42. The van der Waals surface area contributed by atoms with Crippen molar-refractivity contribution >= 4 is 17.4 Å². The van der Waals surface area contributed by atoms with Crippen molar-refractivity contribution in [3.05, 3.63) is 64.9 Å². The maximum absolute atomic E-state index is 13.2. The number of nitrogens with zero attached hydrogens (tertiary/aromatic N) is 2. The number of ether oxygens (including phenoxy) is 2. The smallest absolute Gasteiger partial charge is 0.395 e. The second-order valence-corrected chi connectivity index (χ2v) is 7.25. The third-order valence-corrected chi connectivity index (χ3v) is 4.91. The van der Waals surface area contributed by atoms with Crippen LogP contribution >= 0.6 is 11.6 Å². The summed E-state index contributed by atoms with van der Waals surface area (Å²) in [5.41, 5.74) is 6.40. The molecule has 1 aliphatic rings. The SMILES string of the molecule is N[C@@H](CNc1cc(-c2ccc(C(F)(F)F)c(Cl)c2)ncn1)c1ccc2c(c1)OC(F)(F)O2. The Morgan fingerprint density at radius 2 is 1.78 bits per heavy atom. The molecule has 0 saturated heterocycles. The first-order chi connectivity index (χ1) is 15.0. The Morgan fingerprint density at radius 3 is 2.50 bits per heavy atom. The van der Waals surface area contributed by atoms with Crippen LogP contribution in [0.15, 0.2) is 48.8 Å². The lowest BCUT2D eigenvalue weighted by atomic mass is 10.1. The van der Waals surface area contributed by atoms with Gasteiger partial charge in [0.15, 0.2) is 11.5 Å². The van der Waals surface area contributed by atoms with Gasteiger partial charge in [-0.3, -0.25) is 0 Å². The molecular weight excluding hydrogens is 459 g/mol. The molecule has 2 heterocycles. The van der Waals surface area contributed by atoms with E-state index >= 15 is 0 Å². The minimum atomic E-state index is -4.56. The van der Waals surface area contributed by atoms with E-state index in [1.807, 2.05) is 0 Å². The molecule has 4 rings (SSSR count). The molecule has 0 amide bonds. The number of rotatable bonds is 5. The number of benzene rings is 2. The molecule has 2 aromatic carbocycles. The van der Waals surface area contributed by atoms with Gasteiger partial charge in [-0.15, -0.1) is 8.78 Å². The Labute approximate surface area is 183 Å². The van der Waals surface area contributed by atoms with Gasteiger partial charge in [0.25, 0.3) is 0 Å². The van der Waals surface area contributed by atoms with Crippen LogP contribution in [0.25, 0.3) is 11.3 Å². The lowest BCUT2D eigenvalue weighted by Crippen LogP contribution is -2.26. The molecule has 1 aliphatic heterocycles. The fraction of sp³-hybridized carbons (Fsp3) is 0.200. The molecule has 1 atom stereocenters. The second-order valence-electron chi connectivity index (χ2n) is 6.84. The summed E-state index contributed by atoms with van der Waals surface area (Å²) in [6.07, 6.45) is -7.05. The van der Waals surface area contributed by atoms with Gasteiger partial charge in [0.2, 0.25) is 0 Å². The predicted molar refractivity (Wildman–Crippen MR) is 106 cm³/mol. The molecule has 0 radical (unpaired) electrons. The lowest BCUT2D eigenvalue weighted by molar-refractivity contribution is -0.286. The van der Waals surface area contributed by atoms with Crippen molar-refractivity contribution in [3.8, 4) is 22.8 Å². The zero-order valence-corrected chi connectivity index (χ0v) is 16.7. The number of fused-ring (bicyclic) bond motifs is 1.